The Kier molecular flexibility index (Phi) is 5.22. The van der Waals surface area contributed by atoms with Gasteiger partial charge in [0.15, 0.2) is 16.4 Å². The summed E-state index contributed by atoms with van der Waals surface area (Å²) in [5.41, 5.74) is 0. The molecule has 2 fully saturated rings. The van der Waals surface area contributed by atoms with Crippen molar-refractivity contribution in [3.05, 3.63) is 30.3 Å². The van der Waals surface area contributed by atoms with E-state index in [1.165, 1.54) is 0 Å². The first-order chi connectivity index (χ1) is 12.3. The Balaban J connectivity index is 1.73. The fourth-order valence-electron chi connectivity index (χ4n) is 3.61. The van der Waals surface area contributed by atoms with Gasteiger partial charge in [0, 0.05) is 19.0 Å². The third kappa shape index (κ3) is 3.85. The van der Waals surface area contributed by atoms with Crippen LogP contribution in [0.3, 0.4) is 0 Å². The molecule has 26 heavy (non-hydrogen) atoms. The number of carbonyl (C=O) groups excluding carboxylic acids is 2. The van der Waals surface area contributed by atoms with E-state index in [1.807, 2.05) is 18.2 Å². The van der Waals surface area contributed by atoms with Gasteiger partial charge >= 0.3 is 0 Å². The van der Waals surface area contributed by atoms with Gasteiger partial charge in [-0.1, -0.05) is 32.0 Å². The number of carbonyl (C=O) groups is 2. The van der Waals surface area contributed by atoms with Crippen molar-refractivity contribution in [1.82, 2.24) is 9.80 Å². The summed E-state index contributed by atoms with van der Waals surface area (Å²) < 4.78 is 29.9. The van der Waals surface area contributed by atoms with E-state index in [1.54, 1.807) is 35.8 Å². The van der Waals surface area contributed by atoms with Crippen LogP contribution in [0.4, 0.5) is 0 Å². The van der Waals surface area contributed by atoms with Crippen LogP contribution in [0.5, 0.6) is 5.75 Å². The molecule has 0 saturated carbocycles. The molecule has 1 aromatic rings. The maximum absolute atomic E-state index is 12.6. The van der Waals surface area contributed by atoms with Gasteiger partial charge in [0.25, 0.3) is 5.91 Å². The van der Waals surface area contributed by atoms with E-state index in [0.717, 1.165) is 0 Å². The zero-order valence-corrected chi connectivity index (χ0v) is 15.8. The molecule has 0 bridgehead atoms. The predicted octanol–water partition coefficient (Wildman–Crippen LogP) is 0.558. The van der Waals surface area contributed by atoms with Gasteiger partial charge in [0.2, 0.25) is 5.91 Å². The highest BCUT2D eigenvalue weighted by Gasteiger charge is 2.49. The van der Waals surface area contributed by atoms with Crippen molar-refractivity contribution in [2.45, 2.75) is 25.9 Å². The molecule has 0 N–H and O–H groups in total. The zero-order chi connectivity index (χ0) is 18.9. The van der Waals surface area contributed by atoms with Crippen LogP contribution in [-0.2, 0) is 19.4 Å². The summed E-state index contributed by atoms with van der Waals surface area (Å²) in [5.74, 6) is -0.120. The van der Waals surface area contributed by atoms with Crippen molar-refractivity contribution in [2.24, 2.45) is 5.92 Å². The molecule has 0 spiro atoms. The van der Waals surface area contributed by atoms with Gasteiger partial charge in [-0.25, -0.2) is 8.42 Å². The second-order valence-corrected chi connectivity index (χ2v) is 9.24. The Labute approximate surface area is 153 Å². The van der Waals surface area contributed by atoms with E-state index < -0.39 is 21.9 Å². The SMILES string of the molecule is CC(C)C(=O)N1CCN(C(=O)COc2ccccc2)[C@H]2CS(=O)(=O)C[C@H]21. The molecule has 0 unspecified atom stereocenters. The summed E-state index contributed by atoms with van der Waals surface area (Å²) >= 11 is 0. The summed E-state index contributed by atoms with van der Waals surface area (Å²) in [6.45, 7) is 4.13. The van der Waals surface area contributed by atoms with Gasteiger partial charge in [-0.15, -0.1) is 0 Å². The number of amides is 2. The summed E-state index contributed by atoms with van der Waals surface area (Å²) in [6, 6.07) is 8.04. The Bertz CT molecular complexity index is 778. The number of hydrogen-bond donors (Lipinski definition) is 0. The monoisotopic (exact) mass is 380 g/mol. The van der Waals surface area contributed by atoms with Crippen LogP contribution in [0.15, 0.2) is 30.3 Å². The van der Waals surface area contributed by atoms with Crippen molar-refractivity contribution in [3.63, 3.8) is 0 Å². The highest BCUT2D eigenvalue weighted by molar-refractivity contribution is 7.91. The van der Waals surface area contributed by atoms with Gasteiger partial charge in [-0.05, 0) is 12.1 Å². The first-order valence-electron chi connectivity index (χ1n) is 8.77. The molecule has 8 heteroatoms. The third-order valence-corrected chi connectivity index (χ3v) is 6.58. The normalized spacial score (nSPS) is 24.4. The minimum Gasteiger partial charge on any atom is -0.484 e. The second kappa shape index (κ2) is 7.26. The van der Waals surface area contributed by atoms with Gasteiger partial charge in [-0.3, -0.25) is 9.59 Å². The Morgan fingerprint density at radius 3 is 2.27 bits per heavy atom. The number of sulfone groups is 1. The molecule has 142 valence electrons. The average molecular weight is 380 g/mol. The summed E-state index contributed by atoms with van der Waals surface area (Å²) in [7, 11) is -3.28. The molecule has 2 aliphatic heterocycles. The lowest BCUT2D eigenvalue weighted by atomic mass is 10.0. The largest absolute Gasteiger partial charge is 0.484 e. The van der Waals surface area contributed by atoms with Gasteiger partial charge in [0.1, 0.15) is 5.75 Å². The third-order valence-electron chi connectivity index (χ3n) is 4.88. The molecule has 0 aliphatic carbocycles. The minimum atomic E-state index is -3.28. The lowest BCUT2D eigenvalue weighted by molar-refractivity contribution is -0.148. The zero-order valence-electron chi connectivity index (χ0n) is 15.0. The molecule has 2 amide bonds. The molecule has 1 aromatic carbocycles. The smallest absolute Gasteiger partial charge is 0.260 e. The maximum atomic E-state index is 12.6. The van der Waals surface area contributed by atoms with E-state index in [9.17, 15) is 18.0 Å². The lowest BCUT2D eigenvalue weighted by Crippen LogP contribution is -2.63. The quantitative estimate of drug-likeness (QED) is 0.762. The number of piperazine rings is 1. The van der Waals surface area contributed by atoms with E-state index in [4.69, 9.17) is 4.74 Å². The predicted molar refractivity (Wildman–Crippen MR) is 96.4 cm³/mol. The van der Waals surface area contributed by atoms with Crippen LogP contribution in [0, 0.1) is 5.92 Å². The number of ether oxygens (including phenoxy) is 1. The topological polar surface area (TPSA) is 84.0 Å². The molecular formula is C18H24N2O5S. The highest BCUT2D eigenvalue weighted by atomic mass is 32.2. The van der Waals surface area contributed by atoms with Crippen molar-refractivity contribution < 1.29 is 22.7 Å². The Morgan fingerprint density at radius 1 is 1.08 bits per heavy atom. The average Bonchev–Trinajstić information content (AvgIpc) is 2.93. The number of para-hydroxylation sites is 1. The number of fused-ring (bicyclic) bond motifs is 1. The van der Waals surface area contributed by atoms with Crippen LogP contribution in [0.2, 0.25) is 0 Å². The van der Waals surface area contributed by atoms with Crippen LogP contribution >= 0.6 is 0 Å². The van der Waals surface area contributed by atoms with E-state index >= 15 is 0 Å². The van der Waals surface area contributed by atoms with Gasteiger partial charge in [0.05, 0.1) is 23.6 Å². The molecule has 2 aliphatic rings. The van der Waals surface area contributed by atoms with E-state index in [0.29, 0.717) is 18.8 Å². The van der Waals surface area contributed by atoms with Gasteiger partial charge in [-0.2, -0.15) is 0 Å². The lowest BCUT2D eigenvalue weighted by Gasteiger charge is -2.44. The number of benzene rings is 1. The van der Waals surface area contributed by atoms with Crippen LogP contribution in [0.1, 0.15) is 13.8 Å². The van der Waals surface area contributed by atoms with E-state index in [2.05, 4.69) is 0 Å². The van der Waals surface area contributed by atoms with Crippen molar-refractivity contribution in [2.75, 3.05) is 31.2 Å². The first-order valence-corrected chi connectivity index (χ1v) is 10.6. The number of hydrogen-bond acceptors (Lipinski definition) is 5. The number of nitrogens with zero attached hydrogens (tertiary/aromatic N) is 2. The highest BCUT2D eigenvalue weighted by Crippen LogP contribution is 2.28. The van der Waals surface area contributed by atoms with E-state index in [-0.39, 0.29) is 35.8 Å². The van der Waals surface area contributed by atoms with Crippen LogP contribution < -0.4 is 4.74 Å². The fourth-order valence-corrected chi connectivity index (χ4v) is 5.59. The molecule has 3 rings (SSSR count). The summed E-state index contributed by atoms with van der Waals surface area (Å²) in [6.07, 6.45) is 0. The van der Waals surface area contributed by atoms with Crippen molar-refractivity contribution in [3.8, 4) is 5.75 Å². The van der Waals surface area contributed by atoms with Crippen LogP contribution in [0.25, 0.3) is 0 Å². The molecular weight excluding hydrogens is 356 g/mol. The molecule has 2 saturated heterocycles. The first kappa shape index (κ1) is 18.7. The standard InChI is InChI=1S/C18H24N2O5S/c1-13(2)18(22)20-9-8-19(15-11-26(23,24)12-16(15)20)17(21)10-25-14-6-4-3-5-7-14/h3-7,13,15-16H,8-12H2,1-2H3/t15-,16+/m0/s1. The molecule has 0 aromatic heterocycles. The maximum Gasteiger partial charge on any atom is 0.260 e. The van der Waals surface area contributed by atoms with Gasteiger partial charge < -0.3 is 14.5 Å². The summed E-state index contributed by atoms with van der Waals surface area (Å²) in [5, 5.41) is 0. The Hall–Kier alpha value is -2.09. The summed E-state index contributed by atoms with van der Waals surface area (Å²) in [4.78, 5) is 28.3. The second-order valence-electron chi connectivity index (χ2n) is 7.09. The minimum absolute atomic E-state index is 0.0651. The van der Waals surface area contributed by atoms with Crippen molar-refractivity contribution in [1.29, 1.82) is 0 Å². The molecule has 0 radical (unpaired) electrons. The Morgan fingerprint density at radius 2 is 1.65 bits per heavy atom. The molecule has 2 heterocycles. The van der Waals surface area contributed by atoms with Crippen molar-refractivity contribution >= 4 is 21.7 Å². The molecule has 2 atom stereocenters. The number of rotatable bonds is 4. The fraction of sp³-hybridized carbons (Fsp3) is 0.556. The van der Waals surface area contributed by atoms with Crippen LogP contribution in [-0.4, -0.2) is 73.3 Å². The molecule has 7 nitrogen and oxygen atoms in total.